The van der Waals surface area contributed by atoms with Crippen LogP contribution in [-0.4, -0.2) is 16.5 Å². The second-order valence-corrected chi connectivity index (χ2v) is 7.01. The van der Waals surface area contributed by atoms with Crippen LogP contribution in [0.2, 0.25) is 0 Å². The highest BCUT2D eigenvalue weighted by atomic mass is 32.2. The van der Waals surface area contributed by atoms with Crippen LogP contribution in [-0.2, 0) is 11.5 Å². The molecule has 0 bridgehead atoms. The largest absolute Gasteiger partial charge is 0.370 e. The van der Waals surface area contributed by atoms with Gasteiger partial charge in [-0.05, 0) is 18.3 Å². The molecular formula is C14H21N3S. The summed E-state index contributed by atoms with van der Waals surface area (Å²) in [6, 6.07) is 0. The number of hydrogen-bond donors (Lipinski definition) is 1. The summed E-state index contributed by atoms with van der Waals surface area (Å²) >= 11 is 1.95. The molecule has 0 aromatic carbocycles. The van der Waals surface area contributed by atoms with Gasteiger partial charge < -0.3 is 5.32 Å². The van der Waals surface area contributed by atoms with Crippen molar-refractivity contribution in [3.05, 3.63) is 17.1 Å². The number of fused-ring (bicyclic) bond motifs is 1. The van der Waals surface area contributed by atoms with Gasteiger partial charge in [-0.3, -0.25) is 0 Å². The molecular weight excluding hydrogens is 242 g/mol. The molecule has 1 N–H and O–H groups in total. The van der Waals surface area contributed by atoms with Crippen LogP contribution in [0.1, 0.15) is 56.6 Å². The molecule has 1 saturated carbocycles. The number of aromatic nitrogens is 2. The molecule has 3 nitrogen and oxygen atoms in total. The van der Waals surface area contributed by atoms with Crippen LogP contribution >= 0.6 is 11.8 Å². The summed E-state index contributed by atoms with van der Waals surface area (Å²) in [5.74, 6) is 4.86. The summed E-state index contributed by atoms with van der Waals surface area (Å²) in [6.45, 7) is 7.81. The molecule has 1 aliphatic carbocycles. The third-order valence-corrected chi connectivity index (χ3v) is 4.93. The van der Waals surface area contributed by atoms with E-state index in [-0.39, 0.29) is 0 Å². The molecule has 1 aromatic heterocycles. The van der Waals surface area contributed by atoms with Crippen molar-refractivity contribution >= 4 is 17.6 Å². The minimum Gasteiger partial charge on any atom is -0.370 e. The maximum atomic E-state index is 4.81. The van der Waals surface area contributed by atoms with Gasteiger partial charge in [0.2, 0.25) is 0 Å². The summed E-state index contributed by atoms with van der Waals surface area (Å²) < 4.78 is 0. The fourth-order valence-corrected chi connectivity index (χ4v) is 3.57. The molecule has 0 amide bonds. The number of rotatable bonds is 4. The van der Waals surface area contributed by atoms with Crippen LogP contribution in [0.5, 0.6) is 0 Å². The van der Waals surface area contributed by atoms with Gasteiger partial charge >= 0.3 is 0 Å². The topological polar surface area (TPSA) is 37.8 Å². The Bertz CT molecular complexity index is 470. The fourth-order valence-electron chi connectivity index (χ4n) is 2.52. The zero-order valence-electron chi connectivity index (χ0n) is 11.4. The monoisotopic (exact) mass is 263 g/mol. The predicted molar refractivity (Wildman–Crippen MR) is 77.0 cm³/mol. The van der Waals surface area contributed by atoms with Gasteiger partial charge in [-0.2, -0.15) is 11.8 Å². The molecule has 98 valence electrons. The minimum atomic E-state index is 0.405. The maximum absolute atomic E-state index is 4.81. The summed E-state index contributed by atoms with van der Waals surface area (Å²) in [5, 5.41) is 3.48. The first kappa shape index (κ1) is 12.3. The normalized spacial score (nSPS) is 23.8. The number of anilines is 1. The fraction of sp³-hybridized carbons (Fsp3) is 0.714. The van der Waals surface area contributed by atoms with E-state index in [1.807, 2.05) is 11.8 Å². The van der Waals surface area contributed by atoms with Gasteiger partial charge in [-0.1, -0.05) is 20.8 Å². The molecule has 1 fully saturated rings. The lowest BCUT2D eigenvalue weighted by molar-refractivity contribution is 0.607. The van der Waals surface area contributed by atoms with E-state index in [4.69, 9.17) is 9.97 Å². The Hall–Kier alpha value is -0.770. The van der Waals surface area contributed by atoms with Gasteiger partial charge in [0.15, 0.2) is 0 Å². The molecule has 4 heteroatoms. The average Bonchev–Trinajstić information content (AvgIpc) is 2.77. The van der Waals surface area contributed by atoms with E-state index in [9.17, 15) is 0 Å². The summed E-state index contributed by atoms with van der Waals surface area (Å²) in [4.78, 5) is 9.61. The van der Waals surface area contributed by atoms with Crippen LogP contribution in [0.15, 0.2) is 0 Å². The Morgan fingerprint density at radius 1 is 1.33 bits per heavy atom. The quantitative estimate of drug-likeness (QED) is 0.901. The number of thioether (sulfide) groups is 1. The standard InChI is InChI=1S/C14H21N3S/c1-4-5-15-12-9-7-18-8-11(9)16-13(17-12)10-6-14(10,2)3/h10H,4-8H2,1-3H3,(H,15,16,17). The van der Waals surface area contributed by atoms with Gasteiger partial charge in [0, 0.05) is 29.5 Å². The Labute approximate surface area is 113 Å². The highest BCUT2D eigenvalue weighted by molar-refractivity contribution is 7.98. The second-order valence-electron chi connectivity index (χ2n) is 6.02. The van der Waals surface area contributed by atoms with Gasteiger partial charge in [0.1, 0.15) is 11.6 Å². The van der Waals surface area contributed by atoms with Crippen LogP contribution in [0.4, 0.5) is 5.82 Å². The minimum absolute atomic E-state index is 0.405. The number of nitrogens with one attached hydrogen (secondary N) is 1. The van der Waals surface area contributed by atoms with E-state index < -0.39 is 0 Å². The SMILES string of the molecule is CCCNc1nc(C2CC2(C)C)nc2c1CSC2. The first-order valence-electron chi connectivity index (χ1n) is 6.83. The average molecular weight is 263 g/mol. The van der Waals surface area contributed by atoms with Crippen molar-refractivity contribution in [3.8, 4) is 0 Å². The van der Waals surface area contributed by atoms with Crippen molar-refractivity contribution in [3.63, 3.8) is 0 Å². The Kier molecular flexibility index (Phi) is 3.00. The lowest BCUT2D eigenvalue weighted by Crippen LogP contribution is -2.10. The molecule has 1 atom stereocenters. The molecule has 18 heavy (non-hydrogen) atoms. The first-order valence-corrected chi connectivity index (χ1v) is 7.98. The molecule has 0 spiro atoms. The number of nitrogens with zero attached hydrogens (tertiary/aromatic N) is 2. The Morgan fingerprint density at radius 3 is 2.78 bits per heavy atom. The first-order chi connectivity index (χ1) is 8.62. The van der Waals surface area contributed by atoms with Crippen LogP contribution in [0, 0.1) is 5.41 Å². The predicted octanol–water partition coefficient (Wildman–Crippen LogP) is 3.56. The van der Waals surface area contributed by atoms with E-state index >= 15 is 0 Å². The molecule has 2 aliphatic rings. The third-order valence-electron chi connectivity index (χ3n) is 3.96. The van der Waals surface area contributed by atoms with Gasteiger partial charge in [0.05, 0.1) is 5.69 Å². The van der Waals surface area contributed by atoms with Crippen molar-refractivity contribution in [1.82, 2.24) is 9.97 Å². The molecule has 1 aromatic rings. The van der Waals surface area contributed by atoms with Gasteiger partial charge in [0.25, 0.3) is 0 Å². The molecule has 1 aliphatic heterocycles. The van der Waals surface area contributed by atoms with Crippen LogP contribution in [0.3, 0.4) is 0 Å². The van der Waals surface area contributed by atoms with Crippen molar-refractivity contribution in [1.29, 1.82) is 0 Å². The molecule has 0 saturated heterocycles. The van der Waals surface area contributed by atoms with Gasteiger partial charge in [-0.25, -0.2) is 9.97 Å². The second kappa shape index (κ2) is 4.41. The van der Waals surface area contributed by atoms with E-state index in [1.54, 1.807) is 0 Å². The lowest BCUT2D eigenvalue weighted by atomic mass is 10.1. The van der Waals surface area contributed by atoms with Crippen molar-refractivity contribution in [2.45, 2.75) is 51.0 Å². The molecule has 3 rings (SSSR count). The zero-order valence-corrected chi connectivity index (χ0v) is 12.2. The highest BCUT2D eigenvalue weighted by Crippen LogP contribution is 2.58. The number of hydrogen-bond acceptors (Lipinski definition) is 4. The molecule has 0 radical (unpaired) electrons. The van der Waals surface area contributed by atoms with E-state index in [0.717, 1.165) is 36.1 Å². The van der Waals surface area contributed by atoms with Crippen molar-refractivity contribution in [2.24, 2.45) is 5.41 Å². The Balaban J connectivity index is 1.92. The zero-order chi connectivity index (χ0) is 12.8. The molecule has 2 heterocycles. The lowest BCUT2D eigenvalue weighted by Gasteiger charge is -2.12. The van der Waals surface area contributed by atoms with E-state index in [2.05, 4.69) is 26.1 Å². The van der Waals surface area contributed by atoms with E-state index in [0.29, 0.717) is 11.3 Å². The maximum Gasteiger partial charge on any atom is 0.134 e. The highest BCUT2D eigenvalue weighted by Gasteiger charge is 2.49. The van der Waals surface area contributed by atoms with Crippen LogP contribution in [0.25, 0.3) is 0 Å². The summed E-state index contributed by atoms with van der Waals surface area (Å²) in [7, 11) is 0. The third kappa shape index (κ3) is 2.11. The van der Waals surface area contributed by atoms with Crippen molar-refractivity contribution in [2.75, 3.05) is 11.9 Å². The summed E-state index contributed by atoms with van der Waals surface area (Å²) in [6.07, 6.45) is 2.36. The Morgan fingerprint density at radius 2 is 2.11 bits per heavy atom. The van der Waals surface area contributed by atoms with Crippen LogP contribution < -0.4 is 5.32 Å². The molecule has 1 unspecified atom stereocenters. The smallest absolute Gasteiger partial charge is 0.134 e. The van der Waals surface area contributed by atoms with Gasteiger partial charge in [-0.15, -0.1) is 0 Å². The van der Waals surface area contributed by atoms with E-state index in [1.165, 1.54) is 17.7 Å². The van der Waals surface area contributed by atoms with Crippen molar-refractivity contribution < 1.29 is 0 Å². The summed E-state index contributed by atoms with van der Waals surface area (Å²) in [5.41, 5.74) is 3.02.